The summed E-state index contributed by atoms with van der Waals surface area (Å²) in [5, 5.41) is 0. The molecule has 179 valence electrons. The summed E-state index contributed by atoms with van der Waals surface area (Å²) in [5.41, 5.74) is 0.578. The maximum Gasteiger partial charge on any atom is 0.161 e. The number of rotatable bonds is 11. The lowest BCUT2D eigenvalue weighted by molar-refractivity contribution is 0.184. The van der Waals surface area contributed by atoms with Crippen LogP contribution in [0.5, 0.6) is 0 Å². The molecule has 0 atom stereocenters. The van der Waals surface area contributed by atoms with E-state index in [4.69, 9.17) is 0 Å². The molecule has 0 nitrogen and oxygen atoms in total. The molecule has 0 N–H and O–H groups in total. The number of hydrogen-bond acceptors (Lipinski definition) is 0. The first-order chi connectivity index (χ1) is 15.6. The minimum Gasteiger partial charge on any atom is -0.212 e. The SMILES string of the molecule is CCCCC[Si]1CCC(C2CCC(CCCCc3ccc(/C(F)=C\F)c(F)c3)CC2)CC1. The highest BCUT2D eigenvalue weighted by Crippen LogP contribution is 2.42. The van der Waals surface area contributed by atoms with Crippen LogP contribution in [0.2, 0.25) is 18.1 Å². The third-order valence-electron chi connectivity index (χ3n) is 8.14. The molecule has 1 heterocycles. The van der Waals surface area contributed by atoms with Gasteiger partial charge in [-0.25, -0.2) is 13.2 Å². The Morgan fingerprint density at radius 3 is 2.34 bits per heavy atom. The van der Waals surface area contributed by atoms with Crippen molar-refractivity contribution in [2.45, 2.75) is 109 Å². The second-order valence-electron chi connectivity index (χ2n) is 10.3. The van der Waals surface area contributed by atoms with E-state index in [-0.39, 0.29) is 20.7 Å². The number of aryl methyl sites for hydroxylation is 1. The Bertz CT molecular complexity index is 701. The van der Waals surface area contributed by atoms with E-state index in [0.29, 0.717) is 0 Å². The molecule has 1 aliphatic heterocycles. The third-order valence-corrected chi connectivity index (χ3v) is 11.2. The Morgan fingerprint density at radius 2 is 1.69 bits per heavy atom. The van der Waals surface area contributed by atoms with E-state index < -0.39 is 11.6 Å². The van der Waals surface area contributed by atoms with Crippen molar-refractivity contribution in [3.05, 3.63) is 41.5 Å². The van der Waals surface area contributed by atoms with Gasteiger partial charge in [-0.05, 0) is 61.1 Å². The van der Waals surface area contributed by atoms with E-state index in [1.54, 1.807) is 24.2 Å². The first-order valence-corrected chi connectivity index (χ1v) is 15.3. The van der Waals surface area contributed by atoms with Gasteiger partial charge in [-0.2, -0.15) is 0 Å². The summed E-state index contributed by atoms with van der Waals surface area (Å²) in [5.74, 6) is 1.05. The van der Waals surface area contributed by atoms with Crippen molar-refractivity contribution < 1.29 is 13.2 Å². The standard InChI is InChI=1S/C28H42F3Si/c1-2-3-6-17-32-18-15-25(16-19-32)24-12-9-22(10-13-24)7-4-5-8-23-11-14-26(27(30)20-23)28(31)21-29/h11,14,20-22,24-25H,2-10,12-13,15-19H2,1H3/b28-21+. The molecule has 1 saturated carbocycles. The van der Waals surface area contributed by atoms with Gasteiger partial charge in [0.2, 0.25) is 0 Å². The lowest BCUT2D eigenvalue weighted by atomic mass is 9.73. The van der Waals surface area contributed by atoms with Crippen molar-refractivity contribution in [2.75, 3.05) is 0 Å². The minimum atomic E-state index is -1.15. The number of halogens is 3. The molecule has 0 aromatic heterocycles. The molecule has 1 saturated heterocycles. The zero-order chi connectivity index (χ0) is 22.8. The molecule has 4 heteroatoms. The van der Waals surface area contributed by atoms with E-state index in [0.717, 1.165) is 36.2 Å². The molecule has 0 bridgehead atoms. The second-order valence-corrected chi connectivity index (χ2v) is 13.3. The van der Waals surface area contributed by atoms with Gasteiger partial charge in [-0.15, -0.1) is 0 Å². The zero-order valence-electron chi connectivity index (χ0n) is 20.0. The van der Waals surface area contributed by atoms with Gasteiger partial charge in [0, 0.05) is 14.4 Å². The van der Waals surface area contributed by atoms with Crippen LogP contribution in [-0.4, -0.2) is 8.80 Å². The van der Waals surface area contributed by atoms with Crippen LogP contribution < -0.4 is 0 Å². The summed E-state index contributed by atoms with van der Waals surface area (Å²) < 4.78 is 39.4. The molecule has 0 amide bonds. The Labute approximate surface area is 195 Å². The molecule has 1 radical (unpaired) electrons. The van der Waals surface area contributed by atoms with Crippen LogP contribution in [0.3, 0.4) is 0 Å². The number of benzene rings is 1. The van der Waals surface area contributed by atoms with E-state index in [2.05, 4.69) is 6.92 Å². The zero-order valence-corrected chi connectivity index (χ0v) is 21.0. The molecular weight excluding hydrogens is 421 g/mol. The molecule has 2 fully saturated rings. The predicted octanol–water partition coefficient (Wildman–Crippen LogP) is 9.68. The average Bonchev–Trinajstić information content (AvgIpc) is 2.82. The largest absolute Gasteiger partial charge is 0.212 e. The molecule has 3 rings (SSSR count). The van der Waals surface area contributed by atoms with Crippen molar-refractivity contribution >= 4 is 14.6 Å². The van der Waals surface area contributed by atoms with Crippen molar-refractivity contribution in [2.24, 2.45) is 17.8 Å². The van der Waals surface area contributed by atoms with Crippen LogP contribution >= 0.6 is 0 Å². The molecule has 1 aromatic carbocycles. The molecule has 2 aliphatic rings. The predicted molar refractivity (Wildman–Crippen MR) is 132 cm³/mol. The summed E-state index contributed by atoms with van der Waals surface area (Å²) in [6.45, 7) is 2.31. The molecular formula is C28H42F3Si. The van der Waals surface area contributed by atoms with Gasteiger partial charge in [0.05, 0.1) is 0 Å². The van der Waals surface area contributed by atoms with Crippen molar-refractivity contribution in [1.82, 2.24) is 0 Å². The van der Waals surface area contributed by atoms with Crippen molar-refractivity contribution in [3.63, 3.8) is 0 Å². The lowest BCUT2D eigenvalue weighted by Crippen LogP contribution is -2.28. The molecule has 32 heavy (non-hydrogen) atoms. The van der Waals surface area contributed by atoms with Crippen LogP contribution in [0, 0.1) is 23.6 Å². The van der Waals surface area contributed by atoms with E-state index >= 15 is 0 Å². The normalized spacial score (nSPS) is 23.6. The molecule has 1 aromatic rings. The van der Waals surface area contributed by atoms with Crippen LogP contribution in [0.25, 0.3) is 5.83 Å². The molecule has 0 unspecified atom stereocenters. The monoisotopic (exact) mass is 463 g/mol. The van der Waals surface area contributed by atoms with Crippen molar-refractivity contribution in [3.8, 4) is 0 Å². The fourth-order valence-electron chi connectivity index (χ4n) is 6.07. The highest BCUT2D eigenvalue weighted by molar-refractivity contribution is 6.58. The Morgan fingerprint density at radius 1 is 0.969 bits per heavy atom. The molecule has 0 spiro atoms. The fourth-order valence-corrected chi connectivity index (χ4v) is 9.13. The van der Waals surface area contributed by atoms with Gasteiger partial charge in [0.1, 0.15) is 12.1 Å². The third kappa shape index (κ3) is 7.78. The number of unbranched alkanes of at least 4 members (excludes halogenated alkanes) is 3. The van der Waals surface area contributed by atoms with Crippen LogP contribution in [0.1, 0.15) is 95.1 Å². The summed E-state index contributed by atoms with van der Waals surface area (Å²) >= 11 is 0. The van der Waals surface area contributed by atoms with Crippen LogP contribution in [0.4, 0.5) is 13.2 Å². The van der Waals surface area contributed by atoms with Gasteiger partial charge in [0.15, 0.2) is 5.83 Å². The number of hydrogen-bond donors (Lipinski definition) is 0. The smallest absolute Gasteiger partial charge is 0.161 e. The topological polar surface area (TPSA) is 0 Å². The van der Waals surface area contributed by atoms with Crippen molar-refractivity contribution in [1.29, 1.82) is 0 Å². The van der Waals surface area contributed by atoms with Gasteiger partial charge in [-0.3, -0.25) is 0 Å². The Hall–Kier alpha value is -1.03. The maximum atomic E-state index is 13.9. The Kier molecular flexibility index (Phi) is 10.9. The highest BCUT2D eigenvalue weighted by atomic mass is 28.3. The first kappa shape index (κ1) is 25.6. The van der Waals surface area contributed by atoms with Crippen LogP contribution in [0.15, 0.2) is 24.5 Å². The van der Waals surface area contributed by atoms with E-state index in [1.807, 2.05) is 0 Å². The Balaban J connectivity index is 1.29. The highest BCUT2D eigenvalue weighted by Gasteiger charge is 2.31. The summed E-state index contributed by atoms with van der Waals surface area (Å²) in [6.07, 6.45) is 17.1. The second kappa shape index (κ2) is 13.6. The van der Waals surface area contributed by atoms with E-state index in [9.17, 15) is 13.2 Å². The lowest BCUT2D eigenvalue weighted by Gasteiger charge is -2.37. The van der Waals surface area contributed by atoms with Gasteiger partial charge < -0.3 is 0 Å². The molecule has 1 aliphatic carbocycles. The van der Waals surface area contributed by atoms with Crippen LogP contribution in [-0.2, 0) is 6.42 Å². The van der Waals surface area contributed by atoms with E-state index in [1.165, 1.54) is 82.8 Å². The van der Waals surface area contributed by atoms with Gasteiger partial charge in [0.25, 0.3) is 0 Å². The quantitative estimate of drug-likeness (QED) is 0.226. The average molecular weight is 464 g/mol. The summed E-state index contributed by atoms with van der Waals surface area (Å²) in [4.78, 5) is 0. The van der Waals surface area contributed by atoms with Gasteiger partial charge >= 0.3 is 0 Å². The summed E-state index contributed by atoms with van der Waals surface area (Å²) in [6, 6.07) is 9.14. The minimum absolute atomic E-state index is 0.0109. The fraction of sp³-hybridized carbons (Fsp3) is 0.714. The summed E-state index contributed by atoms with van der Waals surface area (Å²) in [7, 11) is -0.0109. The first-order valence-electron chi connectivity index (χ1n) is 13.2. The maximum absolute atomic E-state index is 13.9. The van der Waals surface area contributed by atoms with Gasteiger partial charge in [-0.1, -0.05) is 88.9 Å².